The van der Waals surface area contributed by atoms with E-state index in [0.29, 0.717) is 39.6 Å². The summed E-state index contributed by atoms with van der Waals surface area (Å²) in [7, 11) is 3.22. The van der Waals surface area contributed by atoms with Crippen LogP contribution in [0, 0.1) is 0 Å². The van der Waals surface area contributed by atoms with Crippen LogP contribution in [0.15, 0.2) is 35.4 Å². The average molecular weight is 420 g/mol. The van der Waals surface area contributed by atoms with Gasteiger partial charge in [-0.2, -0.15) is 0 Å². The third-order valence-electron chi connectivity index (χ3n) is 5.02. The summed E-state index contributed by atoms with van der Waals surface area (Å²) >= 11 is 12.5. The Labute approximate surface area is 173 Å². The predicted molar refractivity (Wildman–Crippen MR) is 110 cm³/mol. The molecule has 2 aromatic carbocycles. The van der Waals surface area contributed by atoms with Crippen LogP contribution in [0.5, 0.6) is 11.5 Å². The lowest BCUT2D eigenvalue weighted by Crippen LogP contribution is -2.42. The molecule has 2 aliphatic rings. The van der Waals surface area contributed by atoms with Crippen LogP contribution in [0.3, 0.4) is 0 Å². The van der Waals surface area contributed by atoms with Crippen molar-refractivity contribution < 1.29 is 14.3 Å². The van der Waals surface area contributed by atoms with E-state index < -0.39 is 0 Å². The maximum absolute atomic E-state index is 12.3. The van der Waals surface area contributed by atoms with Crippen molar-refractivity contribution in [3.8, 4) is 11.5 Å². The van der Waals surface area contributed by atoms with E-state index in [1.807, 2.05) is 23.1 Å². The number of hydrogen-bond donors (Lipinski definition) is 0. The van der Waals surface area contributed by atoms with Gasteiger partial charge in [0.15, 0.2) is 29.3 Å². The molecule has 28 heavy (non-hydrogen) atoms. The first-order valence-electron chi connectivity index (χ1n) is 8.80. The highest BCUT2D eigenvalue weighted by atomic mass is 35.5. The minimum atomic E-state index is -0.305. The van der Waals surface area contributed by atoms with Gasteiger partial charge in [0.05, 0.1) is 24.9 Å². The molecule has 0 aliphatic carbocycles. The Morgan fingerprint density at radius 2 is 1.86 bits per heavy atom. The molecule has 2 aromatic rings. The fourth-order valence-electron chi connectivity index (χ4n) is 3.75. The van der Waals surface area contributed by atoms with E-state index >= 15 is 0 Å². The van der Waals surface area contributed by atoms with Crippen molar-refractivity contribution in [2.45, 2.75) is 19.5 Å². The minimum Gasteiger partial charge on any atom is -0.493 e. The number of rotatable bonds is 4. The molecule has 0 saturated carbocycles. The topological polar surface area (TPSA) is 54.4 Å². The van der Waals surface area contributed by atoms with Crippen LogP contribution in [0.25, 0.3) is 0 Å². The zero-order valence-electron chi connectivity index (χ0n) is 15.7. The Kier molecular flexibility index (Phi) is 4.85. The van der Waals surface area contributed by atoms with Crippen LogP contribution in [0.2, 0.25) is 10.0 Å². The molecule has 0 radical (unpaired) electrons. The van der Waals surface area contributed by atoms with Gasteiger partial charge in [0, 0.05) is 24.1 Å². The number of amidine groups is 1. The maximum atomic E-state index is 12.3. The van der Waals surface area contributed by atoms with Gasteiger partial charge in [-0.15, -0.1) is 5.10 Å². The third-order valence-corrected chi connectivity index (χ3v) is 5.56. The second-order valence-corrected chi connectivity index (χ2v) is 7.49. The van der Waals surface area contributed by atoms with Crippen LogP contribution in [-0.2, 0) is 11.2 Å². The second kappa shape index (κ2) is 7.18. The number of benzene rings is 2. The highest BCUT2D eigenvalue weighted by molar-refractivity contribution is 6.39. The molecule has 0 fully saturated rings. The van der Waals surface area contributed by atoms with E-state index in [-0.39, 0.29) is 11.9 Å². The van der Waals surface area contributed by atoms with Crippen LogP contribution in [0.1, 0.15) is 24.2 Å². The number of halogens is 2. The van der Waals surface area contributed by atoms with E-state index in [1.54, 1.807) is 31.4 Å². The number of hydrazone groups is 1. The Morgan fingerprint density at radius 3 is 2.50 bits per heavy atom. The van der Waals surface area contributed by atoms with Crippen LogP contribution in [0.4, 0.5) is 5.69 Å². The van der Waals surface area contributed by atoms with Gasteiger partial charge in [0.2, 0.25) is 0 Å². The third kappa shape index (κ3) is 2.97. The maximum Gasteiger partial charge on any atom is 0.196 e. The van der Waals surface area contributed by atoms with Crippen molar-refractivity contribution in [3.63, 3.8) is 0 Å². The van der Waals surface area contributed by atoms with Gasteiger partial charge < -0.3 is 14.4 Å². The quantitative estimate of drug-likeness (QED) is 0.739. The van der Waals surface area contributed by atoms with Crippen molar-refractivity contribution in [3.05, 3.63) is 51.5 Å². The smallest absolute Gasteiger partial charge is 0.196 e. The molecule has 0 N–H and O–H groups in total. The number of anilines is 1. The average Bonchev–Trinajstić information content (AvgIpc) is 3.07. The van der Waals surface area contributed by atoms with Gasteiger partial charge in [-0.05, 0) is 42.3 Å². The summed E-state index contributed by atoms with van der Waals surface area (Å²) in [4.78, 5) is 14.3. The summed E-state index contributed by atoms with van der Waals surface area (Å²) in [5.41, 5.74) is 2.80. The largest absolute Gasteiger partial charge is 0.493 e. The van der Waals surface area contributed by atoms with Crippen molar-refractivity contribution in [1.29, 1.82) is 0 Å². The summed E-state index contributed by atoms with van der Waals surface area (Å²) in [6, 6.07) is 9.17. The van der Waals surface area contributed by atoms with Gasteiger partial charge >= 0.3 is 0 Å². The molecule has 0 saturated heterocycles. The predicted octanol–water partition coefficient (Wildman–Crippen LogP) is 4.29. The van der Waals surface area contributed by atoms with Crippen molar-refractivity contribution in [2.24, 2.45) is 5.10 Å². The molecule has 2 aliphatic heterocycles. The molecule has 0 aromatic heterocycles. The minimum absolute atomic E-state index is 0.0958. The number of fused-ring (bicyclic) bond motifs is 3. The summed E-state index contributed by atoms with van der Waals surface area (Å²) in [5, 5.41) is 7.40. The number of carbonyl (C=O) groups is 1. The van der Waals surface area contributed by atoms with E-state index in [1.165, 1.54) is 6.92 Å². The molecular formula is C20H19Cl2N3O3. The zero-order valence-corrected chi connectivity index (χ0v) is 17.2. The van der Waals surface area contributed by atoms with E-state index in [2.05, 4.69) is 5.10 Å². The molecule has 146 valence electrons. The van der Waals surface area contributed by atoms with E-state index in [0.717, 1.165) is 17.5 Å². The molecule has 1 atom stereocenters. The highest BCUT2D eigenvalue weighted by Gasteiger charge is 2.42. The van der Waals surface area contributed by atoms with Crippen molar-refractivity contribution in [1.82, 2.24) is 4.90 Å². The lowest BCUT2D eigenvalue weighted by molar-refractivity contribution is -0.111. The molecule has 0 spiro atoms. The molecule has 6 nitrogen and oxygen atoms in total. The number of carbonyl (C=O) groups excluding carboxylic acids is 1. The normalized spacial score (nSPS) is 17.8. The number of ketones is 1. The molecule has 2 heterocycles. The molecule has 4 rings (SSSR count). The van der Waals surface area contributed by atoms with Gasteiger partial charge in [-0.3, -0.25) is 4.79 Å². The summed E-state index contributed by atoms with van der Waals surface area (Å²) in [6.07, 6.45) is 0.460. The lowest BCUT2D eigenvalue weighted by atomic mass is 9.95. The number of hydrogen-bond acceptors (Lipinski definition) is 6. The summed E-state index contributed by atoms with van der Waals surface area (Å²) in [5.74, 6) is 1.62. The first-order valence-corrected chi connectivity index (χ1v) is 9.55. The Morgan fingerprint density at radius 1 is 1.14 bits per heavy atom. The number of nitrogens with zero attached hydrogens (tertiary/aromatic N) is 3. The van der Waals surface area contributed by atoms with Gasteiger partial charge in [-0.25, -0.2) is 5.01 Å². The molecule has 1 unspecified atom stereocenters. The molecule has 0 bridgehead atoms. The van der Waals surface area contributed by atoms with Crippen LogP contribution in [-0.4, -0.2) is 37.3 Å². The monoisotopic (exact) mass is 419 g/mol. The number of methoxy groups -OCH3 is 2. The highest BCUT2D eigenvalue weighted by Crippen LogP contribution is 2.45. The summed E-state index contributed by atoms with van der Waals surface area (Å²) < 4.78 is 10.9. The number of ether oxygens (including phenoxy) is 2. The van der Waals surface area contributed by atoms with E-state index in [4.69, 9.17) is 32.7 Å². The molecular weight excluding hydrogens is 401 g/mol. The Bertz CT molecular complexity index is 993. The fraction of sp³-hybridized carbons (Fsp3) is 0.300. The van der Waals surface area contributed by atoms with Gasteiger partial charge in [0.1, 0.15) is 0 Å². The first-order chi connectivity index (χ1) is 13.4. The van der Waals surface area contributed by atoms with Crippen LogP contribution < -0.4 is 14.5 Å². The van der Waals surface area contributed by atoms with Gasteiger partial charge in [0.25, 0.3) is 0 Å². The molecule has 0 amide bonds. The fourth-order valence-corrected chi connectivity index (χ4v) is 4.24. The van der Waals surface area contributed by atoms with Crippen molar-refractivity contribution >= 4 is 40.5 Å². The van der Waals surface area contributed by atoms with Crippen molar-refractivity contribution in [2.75, 3.05) is 25.8 Å². The second-order valence-electron chi connectivity index (χ2n) is 6.64. The molecule has 8 heteroatoms. The van der Waals surface area contributed by atoms with Crippen LogP contribution >= 0.6 is 23.2 Å². The Hall–Kier alpha value is -2.44. The van der Waals surface area contributed by atoms with Gasteiger partial charge in [-0.1, -0.05) is 23.2 Å². The zero-order chi connectivity index (χ0) is 20.0. The number of Topliss-reactive ketones (excluding diaryl/α,β-unsaturated/α-hetero) is 1. The lowest BCUT2D eigenvalue weighted by Gasteiger charge is -2.37. The standard InChI is InChI=1S/C20H19Cl2N3O3/c1-11(26)19-23-25(16-5-4-13(21)9-15(16)22)20-14-10-18(28-3)17(27-2)8-12(14)6-7-24(19)20/h4-5,8-10,20H,6-7H2,1-3H3. The SMILES string of the molecule is COc1cc2c(cc1OC)C1N(CC2)C(C(C)=O)=NN1c1ccc(Cl)cc1Cl. The summed E-state index contributed by atoms with van der Waals surface area (Å²) in [6.45, 7) is 2.18. The van der Waals surface area contributed by atoms with E-state index in [9.17, 15) is 4.79 Å². The Balaban J connectivity index is 1.88. The first kappa shape index (κ1) is 18.9.